The molecular weight excluding hydrogens is 315 g/mol. The third-order valence-electron chi connectivity index (χ3n) is 2.81. The molecule has 0 spiro atoms. The molecule has 1 atom stereocenters. The molecule has 0 aliphatic rings. The summed E-state index contributed by atoms with van der Waals surface area (Å²) in [6.45, 7) is 2.12. The van der Waals surface area contributed by atoms with Gasteiger partial charge in [0.05, 0.1) is 23.0 Å². The number of fused-ring (bicyclic) bond motifs is 1. The maximum Gasteiger partial charge on any atom is 0.214 e. The number of halogens is 2. The van der Waals surface area contributed by atoms with Crippen LogP contribution in [-0.2, 0) is 0 Å². The molecule has 2 aromatic heterocycles. The van der Waals surface area contributed by atoms with Crippen LogP contribution in [0.15, 0.2) is 24.4 Å². The van der Waals surface area contributed by atoms with E-state index in [1.807, 2.05) is 0 Å². The molecule has 0 amide bonds. The summed E-state index contributed by atoms with van der Waals surface area (Å²) in [5.74, 6) is -0.454. The molecule has 0 aliphatic heterocycles. The lowest BCUT2D eigenvalue weighted by molar-refractivity contribution is 0.208. The Morgan fingerprint density at radius 3 is 3.00 bits per heavy atom. The van der Waals surface area contributed by atoms with E-state index in [9.17, 15) is 9.50 Å². The number of aliphatic hydroxyl groups is 1. The van der Waals surface area contributed by atoms with E-state index >= 15 is 0 Å². The number of aliphatic hydroxyl groups excluding tert-OH is 1. The predicted octanol–water partition coefficient (Wildman–Crippen LogP) is 3.04. The quantitative estimate of drug-likeness (QED) is 0.773. The van der Waals surface area contributed by atoms with Crippen molar-refractivity contribution in [2.75, 3.05) is 11.9 Å². The first-order valence-electron chi connectivity index (χ1n) is 6.26. The van der Waals surface area contributed by atoms with Gasteiger partial charge in [-0.15, -0.1) is 5.10 Å². The second kappa shape index (κ2) is 5.59. The van der Waals surface area contributed by atoms with Gasteiger partial charge in [-0.05, 0) is 25.1 Å². The van der Waals surface area contributed by atoms with Gasteiger partial charge in [-0.2, -0.15) is 0 Å². The standard InChI is InChI=1S/C13H12ClFN4OS/c1-7(20)5-16-12-18-19-6-11(17-13(19)21-12)8-2-3-10(15)9(14)4-8/h2-4,6-7,20H,5H2,1H3,(H,16,18). The van der Waals surface area contributed by atoms with E-state index in [4.69, 9.17) is 11.6 Å². The second-order valence-corrected chi connectivity index (χ2v) is 5.98. The summed E-state index contributed by atoms with van der Waals surface area (Å²) in [6, 6.07) is 4.48. The van der Waals surface area contributed by atoms with Crippen molar-refractivity contribution in [3.8, 4) is 11.3 Å². The number of nitrogens with one attached hydrogen (secondary N) is 1. The van der Waals surface area contributed by atoms with Crippen molar-refractivity contribution >= 4 is 33.0 Å². The number of imidazole rings is 1. The van der Waals surface area contributed by atoms with Crippen molar-refractivity contribution in [1.29, 1.82) is 0 Å². The summed E-state index contributed by atoms with van der Waals surface area (Å²) >= 11 is 7.15. The predicted molar refractivity (Wildman–Crippen MR) is 81.4 cm³/mol. The zero-order valence-corrected chi connectivity index (χ0v) is 12.6. The Morgan fingerprint density at radius 1 is 1.52 bits per heavy atom. The van der Waals surface area contributed by atoms with Crippen molar-refractivity contribution in [3.05, 3.63) is 35.2 Å². The van der Waals surface area contributed by atoms with Crippen LogP contribution in [-0.4, -0.2) is 32.4 Å². The first-order chi connectivity index (χ1) is 10.0. The van der Waals surface area contributed by atoms with Crippen molar-refractivity contribution in [2.24, 2.45) is 0 Å². The highest BCUT2D eigenvalue weighted by Crippen LogP contribution is 2.27. The van der Waals surface area contributed by atoms with Crippen LogP contribution in [0.2, 0.25) is 5.02 Å². The van der Waals surface area contributed by atoms with Gasteiger partial charge in [-0.3, -0.25) is 0 Å². The molecule has 2 N–H and O–H groups in total. The van der Waals surface area contributed by atoms with Crippen LogP contribution in [0.25, 0.3) is 16.2 Å². The summed E-state index contributed by atoms with van der Waals surface area (Å²) in [5.41, 5.74) is 1.41. The molecule has 0 bridgehead atoms. The van der Waals surface area contributed by atoms with Crippen molar-refractivity contribution in [2.45, 2.75) is 13.0 Å². The van der Waals surface area contributed by atoms with E-state index in [0.717, 1.165) is 5.56 Å². The van der Waals surface area contributed by atoms with Crippen LogP contribution in [0.1, 0.15) is 6.92 Å². The average Bonchev–Trinajstić information content (AvgIpc) is 2.97. The first-order valence-corrected chi connectivity index (χ1v) is 7.46. The number of nitrogens with zero attached hydrogens (tertiary/aromatic N) is 3. The van der Waals surface area contributed by atoms with E-state index < -0.39 is 11.9 Å². The van der Waals surface area contributed by atoms with Gasteiger partial charge in [0.15, 0.2) is 0 Å². The molecule has 3 rings (SSSR count). The van der Waals surface area contributed by atoms with E-state index in [2.05, 4.69) is 15.4 Å². The second-order valence-electron chi connectivity index (χ2n) is 4.62. The van der Waals surface area contributed by atoms with Gasteiger partial charge < -0.3 is 10.4 Å². The molecule has 1 unspecified atom stereocenters. The normalized spacial score (nSPS) is 12.8. The van der Waals surface area contributed by atoms with Crippen LogP contribution in [0.3, 0.4) is 0 Å². The summed E-state index contributed by atoms with van der Waals surface area (Å²) < 4.78 is 14.8. The Labute approximate surface area is 129 Å². The molecule has 0 fully saturated rings. The highest BCUT2D eigenvalue weighted by Gasteiger charge is 2.11. The van der Waals surface area contributed by atoms with Gasteiger partial charge in [0.25, 0.3) is 0 Å². The third-order valence-corrected chi connectivity index (χ3v) is 3.98. The van der Waals surface area contributed by atoms with Gasteiger partial charge in [0.1, 0.15) is 5.82 Å². The van der Waals surface area contributed by atoms with E-state index in [1.54, 1.807) is 23.7 Å². The Bertz CT molecular complexity index is 754. The number of benzene rings is 1. The van der Waals surface area contributed by atoms with Crippen LogP contribution in [0, 0.1) is 5.82 Å². The van der Waals surface area contributed by atoms with Gasteiger partial charge >= 0.3 is 0 Å². The summed E-state index contributed by atoms with van der Waals surface area (Å²) in [7, 11) is 0. The lowest BCUT2D eigenvalue weighted by atomic mass is 10.2. The lowest BCUT2D eigenvalue weighted by Gasteiger charge is -2.03. The van der Waals surface area contributed by atoms with Gasteiger partial charge in [-0.1, -0.05) is 22.9 Å². The van der Waals surface area contributed by atoms with E-state index in [-0.39, 0.29) is 5.02 Å². The molecule has 0 saturated carbocycles. The van der Waals surface area contributed by atoms with Crippen LogP contribution in [0.4, 0.5) is 9.52 Å². The number of hydrogen-bond donors (Lipinski definition) is 2. The Hall–Kier alpha value is -1.70. The maximum absolute atomic E-state index is 13.2. The molecule has 0 radical (unpaired) electrons. The molecule has 1 aromatic carbocycles. The largest absolute Gasteiger partial charge is 0.392 e. The number of hydrogen-bond acceptors (Lipinski definition) is 5. The summed E-state index contributed by atoms with van der Waals surface area (Å²) in [4.78, 5) is 5.14. The zero-order valence-electron chi connectivity index (χ0n) is 11.0. The molecule has 110 valence electrons. The Balaban J connectivity index is 1.88. The fourth-order valence-electron chi connectivity index (χ4n) is 1.80. The topological polar surface area (TPSA) is 62.5 Å². The average molecular weight is 327 g/mol. The minimum absolute atomic E-state index is 0.0658. The molecule has 0 aliphatic carbocycles. The minimum Gasteiger partial charge on any atom is -0.392 e. The summed E-state index contributed by atoms with van der Waals surface area (Å²) in [5, 5.41) is 17.3. The minimum atomic E-state index is -0.454. The molecule has 2 heterocycles. The fourth-order valence-corrected chi connectivity index (χ4v) is 2.77. The highest BCUT2D eigenvalue weighted by molar-refractivity contribution is 7.20. The van der Waals surface area contributed by atoms with E-state index in [1.165, 1.54) is 23.5 Å². The highest BCUT2D eigenvalue weighted by atomic mass is 35.5. The molecule has 0 saturated heterocycles. The maximum atomic E-state index is 13.2. The third kappa shape index (κ3) is 2.99. The smallest absolute Gasteiger partial charge is 0.214 e. The Kier molecular flexibility index (Phi) is 3.79. The van der Waals surface area contributed by atoms with E-state index in [0.29, 0.717) is 22.3 Å². The lowest BCUT2D eigenvalue weighted by Crippen LogP contribution is -2.15. The van der Waals surface area contributed by atoms with Crippen molar-refractivity contribution in [3.63, 3.8) is 0 Å². The SMILES string of the molecule is CC(O)CNc1nn2cc(-c3ccc(F)c(Cl)c3)nc2s1. The van der Waals surface area contributed by atoms with Crippen LogP contribution in [0.5, 0.6) is 0 Å². The number of anilines is 1. The fraction of sp³-hybridized carbons (Fsp3) is 0.231. The molecule has 8 heteroatoms. The molecule has 3 aromatic rings. The van der Waals surface area contributed by atoms with Crippen LogP contribution < -0.4 is 5.32 Å². The number of aromatic nitrogens is 3. The van der Waals surface area contributed by atoms with Gasteiger partial charge in [-0.25, -0.2) is 13.9 Å². The molecule has 21 heavy (non-hydrogen) atoms. The Morgan fingerprint density at radius 2 is 2.33 bits per heavy atom. The van der Waals surface area contributed by atoms with Gasteiger partial charge in [0, 0.05) is 12.1 Å². The van der Waals surface area contributed by atoms with Crippen molar-refractivity contribution < 1.29 is 9.50 Å². The summed E-state index contributed by atoms with van der Waals surface area (Å²) in [6.07, 6.45) is 1.31. The van der Waals surface area contributed by atoms with Crippen molar-refractivity contribution in [1.82, 2.24) is 14.6 Å². The molecule has 5 nitrogen and oxygen atoms in total. The van der Waals surface area contributed by atoms with Gasteiger partial charge in [0.2, 0.25) is 10.1 Å². The monoisotopic (exact) mass is 326 g/mol. The van der Waals surface area contributed by atoms with Crippen LogP contribution >= 0.6 is 22.9 Å². The number of rotatable bonds is 4. The first kappa shape index (κ1) is 14.2. The zero-order chi connectivity index (χ0) is 15.0. The molecular formula is C13H12ClFN4OS.